The minimum atomic E-state index is 0.202. The average Bonchev–Trinajstić information content (AvgIpc) is 3.08. The summed E-state index contributed by atoms with van der Waals surface area (Å²) in [6.07, 6.45) is 0. The van der Waals surface area contributed by atoms with Crippen molar-refractivity contribution in [1.82, 2.24) is 0 Å². The molecule has 1 fully saturated rings. The van der Waals surface area contributed by atoms with Gasteiger partial charge in [-0.25, -0.2) is 0 Å². The Morgan fingerprint density at radius 3 is 2.43 bits per heavy atom. The number of rotatable bonds is 3. The molecule has 0 spiro atoms. The van der Waals surface area contributed by atoms with Crippen molar-refractivity contribution in [2.24, 2.45) is 11.8 Å². The number of fused-ring (bicyclic) bond motifs is 3. The summed E-state index contributed by atoms with van der Waals surface area (Å²) in [6.45, 7) is 6.54. The van der Waals surface area contributed by atoms with Crippen LogP contribution in [0.25, 0.3) is 0 Å². The van der Waals surface area contributed by atoms with Crippen molar-refractivity contribution in [2.75, 3.05) is 11.9 Å². The number of hydrogen-bond acceptors (Lipinski definition) is 2. The van der Waals surface area contributed by atoms with E-state index < -0.39 is 0 Å². The highest BCUT2D eigenvalue weighted by molar-refractivity contribution is 5.62. The number of aliphatic hydroxyl groups excluding tert-OH is 1. The van der Waals surface area contributed by atoms with Gasteiger partial charge >= 0.3 is 0 Å². The maximum absolute atomic E-state index is 10.2. The van der Waals surface area contributed by atoms with Crippen LogP contribution in [0.4, 0.5) is 5.69 Å². The van der Waals surface area contributed by atoms with Gasteiger partial charge in [0, 0.05) is 30.2 Å². The quantitative estimate of drug-likeness (QED) is 0.835. The van der Waals surface area contributed by atoms with Crippen molar-refractivity contribution in [3.8, 4) is 0 Å². The van der Waals surface area contributed by atoms with E-state index in [2.05, 4.69) is 73.4 Å². The van der Waals surface area contributed by atoms with E-state index in [0.717, 1.165) is 5.57 Å². The molecule has 0 radical (unpaired) electrons. The molecule has 0 amide bonds. The number of aliphatic hydroxyl groups is 1. The van der Waals surface area contributed by atoms with Gasteiger partial charge in [-0.1, -0.05) is 60.7 Å². The molecular weight excluding hydrogens is 282 g/mol. The van der Waals surface area contributed by atoms with Gasteiger partial charge < -0.3 is 10.4 Å². The Kier molecular flexibility index (Phi) is 3.50. The molecule has 1 saturated carbocycles. The molecule has 2 aliphatic rings. The van der Waals surface area contributed by atoms with E-state index in [0.29, 0.717) is 23.8 Å². The summed E-state index contributed by atoms with van der Waals surface area (Å²) in [5, 5.41) is 13.9. The second kappa shape index (κ2) is 5.54. The van der Waals surface area contributed by atoms with Crippen LogP contribution in [-0.4, -0.2) is 17.8 Å². The molecule has 118 valence electrons. The Morgan fingerprint density at radius 2 is 1.74 bits per heavy atom. The van der Waals surface area contributed by atoms with Gasteiger partial charge in [-0.2, -0.15) is 0 Å². The normalized spacial score (nSPS) is 31.3. The highest BCUT2D eigenvalue weighted by atomic mass is 16.3. The third-order valence-corrected chi connectivity index (χ3v) is 5.69. The first-order valence-electron chi connectivity index (χ1n) is 8.39. The molecule has 2 aromatic rings. The fraction of sp³-hybridized carbons (Fsp3) is 0.333. The van der Waals surface area contributed by atoms with E-state index in [1.807, 2.05) is 0 Å². The van der Waals surface area contributed by atoms with Crippen LogP contribution >= 0.6 is 0 Å². The Bertz CT molecular complexity index is 722. The number of benzene rings is 2. The smallest absolute Gasteiger partial charge is 0.0471 e. The SMILES string of the molecule is C=C(C)[C@@H]1[C@@H](CO)[C@@H](c2ccccc2)[C@@H]2c3ccccc3N[C@H]12. The van der Waals surface area contributed by atoms with Crippen LogP contribution in [0.5, 0.6) is 0 Å². The van der Waals surface area contributed by atoms with Gasteiger partial charge in [0.2, 0.25) is 0 Å². The van der Waals surface area contributed by atoms with E-state index in [1.54, 1.807) is 0 Å². The first-order valence-corrected chi connectivity index (χ1v) is 8.39. The Labute approximate surface area is 137 Å². The summed E-state index contributed by atoms with van der Waals surface area (Å²) >= 11 is 0. The zero-order valence-electron chi connectivity index (χ0n) is 13.4. The van der Waals surface area contributed by atoms with Gasteiger partial charge in [0.05, 0.1) is 0 Å². The zero-order valence-corrected chi connectivity index (χ0v) is 13.4. The minimum absolute atomic E-state index is 0.202. The topological polar surface area (TPSA) is 32.3 Å². The third kappa shape index (κ3) is 2.13. The largest absolute Gasteiger partial charge is 0.396 e. The van der Waals surface area contributed by atoms with E-state index in [9.17, 15) is 5.11 Å². The molecule has 1 heterocycles. The molecule has 2 N–H and O–H groups in total. The molecule has 23 heavy (non-hydrogen) atoms. The predicted octanol–water partition coefficient (Wildman–Crippen LogP) is 4.16. The van der Waals surface area contributed by atoms with Gasteiger partial charge in [0.15, 0.2) is 0 Å². The van der Waals surface area contributed by atoms with Crippen molar-refractivity contribution >= 4 is 5.69 Å². The van der Waals surface area contributed by atoms with Crippen molar-refractivity contribution in [3.63, 3.8) is 0 Å². The van der Waals surface area contributed by atoms with Crippen LogP contribution in [-0.2, 0) is 0 Å². The van der Waals surface area contributed by atoms with Gasteiger partial charge in [0.25, 0.3) is 0 Å². The van der Waals surface area contributed by atoms with Crippen molar-refractivity contribution in [1.29, 1.82) is 0 Å². The highest BCUT2D eigenvalue weighted by Crippen LogP contribution is 2.59. The van der Waals surface area contributed by atoms with Crippen molar-refractivity contribution < 1.29 is 5.11 Å². The van der Waals surface area contributed by atoms with E-state index in [-0.39, 0.29) is 12.5 Å². The van der Waals surface area contributed by atoms with Gasteiger partial charge in [-0.05, 0) is 36.0 Å². The molecule has 1 aliphatic heterocycles. The monoisotopic (exact) mass is 305 g/mol. The maximum atomic E-state index is 10.2. The van der Waals surface area contributed by atoms with Gasteiger partial charge in [0.1, 0.15) is 0 Å². The molecule has 0 aromatic heterocycles. The number of anilines is 1. The maximum Gasteiger partial charge on any atom is 0.0471 e. The predicted molar refractivity (Wildman–Crippen MR) is 94.7 cm³/mol. The molecule has 0 saturated heterocycles. The summed E-state index contributed by atoms with van der Waals surface area (Å²) in [6, 6.07) is 19.6. The summed E-state index contributed by atoms with van der Waals surface area (Å²) in [4.78, 5) is 0. The van der Waals surface area contributed by atoms with E-state index >= 15 is 0 Å². The van der Waals surface area contributed by atoms with Crippen LogP contribution in [0.3, 0.4) is 0 Å². The molecule has 4 rings (SSSR count). The third-order valence-electron chi connectivity index (χ3n) is 5.69. The second-order valence-electron chi connectivity index (χ2n) is 6.94. The number of para-hydroxylation sites is 1. The lowest BCUT2D eigenvalue weighted by Crippen LogP contribution is -2.28. The van der Waals surface area contributed by atoms with Gasteiger partial charge in [-0.3, -0.25) is 0 Å². The van der Waals surface area contributed by atoms with Gasteiger partial charge in [-0.15, -0.1) is 0 Å². The molecule has 2 aromatic carbocycles. The van der Waals surface area contributed by atoms with Crippen molar-refractivity contribution in [2.45, 2.75) is 24.8 Å². The molecule has 5 atom stereocenters. The minimum Gasteiger partial charge on any atom is -0.396 e. The lowest BCUT2D eigenvalue weighted by atomic mass is 9.79. The van der Waals surface area contributed by atoms with E-state index in [1.165, 1.54) is 16.8 Å². The van der Waals surface area contributed by atoms with Crippen LogP contribution < -0.4 is 5.32 Å². The molecule has 2 nitrogen and oxygen atoms in total. The first kappa shape index (κ1) is 14.5. The Hall–Kier alpha value is -2.06. The lowest BCUT2D eigenvalue weighted by Gasteiger charge is -2.27. The average molecular weight is 305 g/mol. The second-order valence-corrected chi connectivity index (χ2v) is 6.94. The van der Waals surface area contributed by atoms with Crippen LogP contribution in [0, 0.1) is 11.8 Å². The first-order chi connectivity index (χ1) is 11.2. The number of hydrogen-bond donors (Lipinski definition) is 2. The Balaban J connectivity index is 1.87. The number of nitrogens with one attached hydrogen (secondary N) is 1. The fourth-order valence-electron chi connectivity index (χ4n) is 4.90. The highest BCUT2D eigenvalue weighted by Gasteiger charge is 2.54. The zero-order chi connectivity index (χ0) is 16.0. The molecule has 2 heteroatoms. The van der Waals surface area contributed by atoms with E-state index in [4.69, 9.17) is 0 Å². The standard InChI is InChI=1S/C21H23NO/c1-13(2)18-16(12-23)19(14-8-4-3-5-9-14)20-15-10-6-7-11-17(15)22-21(18)20/h3-11,16,18-23H,1,12H2,2H3/t16-,18-,19-,20+,21-/m1/s1. The summed E-state index contributed by atoms with van der Waals surface area (Å²) < 4.78 is 0. The van der Waals surface area contributed by atoms with Crippen LogP contribution in [0.15, 0.2) is 66.7 Å². The summed E-state index contributed by atoms with van der Waals surface area (Å²) in [5.74, 6) is 1.23. The Morgan fingerprint density at radius 1 is 1.04 bits per heavy atom. The molecule has 0 unspecified atom stereocenters. The van der Waals surface area contributed by atoms with Crippen LogP contribution in [0.2, 0.25) is 0 Å². The molecule has 1 aliphatic carbocycles. The fourth-order valence-corrected chi connectivity index (χ4v) is 4.90. The van der Waals surface area contributed by atoms with Crippen LogP contribution in [0.1, 0.15) is 29.9 Å². The molecular formula is C21H23NO. The lowest BCUT2D eigenvalue weighted by molar-refractivity contribution is 0.191. The molecule has 0 bridgehead atoms. The summed E-state index contributed by atoms with van der Waals surface area (Å²) in [7, 11) is 0. The summed E-state index contributed by atoms with van der Waals surface area (Å²) in [5.41, 5.74) is 5.11. The van der Waals surface area contributed by atoms with Crippen molar-refractivity contribution in [3.05, 3.63) is 77.9 Å².